The van der Waals surface area contributed by atoms with Crippen molar-refractivity contribution in [2.45, 2.75) is 14.7 Å². The van der Waals surface area contributed by atoms with Gasteiger partial charge in [0.2, 0.25) is 0 Å². The fourth-order valence-corrected chi connectivity index (χ4v) is 6.58. The summed E-state index contributed by atoms with van der Waals surface area (Å²) in [6.45, 7) is 1.75. The van der Waals surface area contributed by atoms with Gasteiger partial charge in [0.25, 0.3) is 26.0 Å². The highest BCUT2D eigenvalue weighted by Crippen LogP contribution is 2.27. The van der Waals surface area contributed by atoms with Crippen LogP contribution in [0.2, 0.25) is 0 Å². The first-order chi connectivity index (χ1) is 17.6. The number of carbonyl (C=O) groups excluding carboxylic acids is 1. The summed E-state index contributed by atoms with van der Waals surface area (Å²) in [4.78, 5) is 15.3. The van der Waals surface area contributed by atoms with Gasteiger partial charge in [0.1, 0.15) is 0 Å². The summed E-state index contributed by atoms with van der Waals surface area (Å²) in [6, 6.07) is 16.4. The lowest BCUT2D eigenvalue weighted by molar-refractivity contribution is 0.0300. The largest absolute Gasteiger partial charge is 0.378 e. The monoisotopic (exact) mass is 625 g/mol. The van der Waals surface area contributed by atoms with Gasteiger partial charge in [-0.2, -0.15) is 0 Å². The number of carbonyl (C=O) groups is 1. The van der Waals surface area contributed by atoms with E-state index in [1.165, 1.54) is 48.2 Å². The van der Waals surface area contributed by atoms with Gasteiger partial charge >= 0.3 is 0 Å². The van der Waals surface area contributed by atoms with E-state index in [1.54, 1.807) is 35.2 Å². The van der Waals surface area contributed by atoms with Gasteiger partial charge in [0, 0.05) is 33.8 Å². The zero-order valence-electron chi connectivity index (χ0n) is 19.7. The van der Waals surface area contributed by atoms with E-state index < -0.39 is 20.0 Å². The lowest BCUT2D eigenvalue weighted by Gasteiger charge is -2.27. The Morgan fingerprint density at radius 2 is 1.35 bits per heavy atom. The highest BCUT2D eigenvalue weighted by molar-refractivity contribution is 9.10. The number of sulfonamides is 2. The maximum atomic E-state index is 13.1. The topological polar surface area (TPSA) is 122 Å². The van der Waals surface area contributed by atoms with Crippen LogP contribution in [0.4, 0.5) is 11.4 Å². The molecule has 0 unspecified atom stereocenters. The SMILES string of the molecule is CSc1ccc(S(=O)(=O)Nc2ccc(S(=O)(=O)Nc3ccc(Br)cc3)cc2)cc1C(=O)N1CCOCC1. The second-order valence-electron chi connectivity index (χ2n) is 8.01. The van der Waals surface area contributed by atoms with Crippen LogP contribution in [0.15, 0.2) is 85.9 Å². The number of nitrogens with one attached hydrogen (secondary N) is 2. The average molecular weight is 627 g/mol. The average Bonchev–Trinajstić information content (AvgIpc) is 2.89. The van der Waals surface area contributed by atoms with Gasteiger partial charge in [-0.3, -0.25) is 14.2 Å². The summed E-state index contributed by atoms with van der Waals surface area (Å²) in [5.41, 5.74) is 0.874. The van der Waals surface area contributed by atoms with Crippen LogP contribution in [-0.2, 0) is 24.8 Å². The van der Waals surface area contributed by atoms with E-state index in [9.17, 15) is 21.6 Å². The Kier molecular flexibility index (Phi) is 8.49. The molecule has 0 aromatic heterocycles. The molecule has 0 radical (unpaired) electrons. The molecular formula is C24H24BrN3O6S3. The van der Waals surface area contributed by atoms with Crippen LogP contribution in [0.25, 0.3) is 0 Å². The van der Waals surface area contributed by atoms with Crippen LogP contribution in [-0.4, -0.2) is 60.2 Å². The van der Waals surface area contributed by atoms with Crippen LogP contribution in [0.3, 0.4) is 0 Å². The predicted octanol–water partition coefficient (Wildman–Crippen LogP) is 4.25. The first-order valence-corrected chi connectivity index (χ1v) is 16.0. The van der Waals surface area contributed by atoms with Gasteiger partial charge in [0.05, 0.1) is 28.6 Å². The lowest BCUT2D eigenvalue weighted by atomic mass is 10.2. The van der Waals surface area contributed by atoms with Gasteiger partial charge in [-0.25, -0.2) is 16.8 Å². The number of hydrogen-bond donors (Lipinski definition) is 2. The van der Waals surface area contributed by atoms with Crippen molar-refractivity contribution in [3.63, 3.8) is 0 Å². The van der Waals surface area contributed by atoms with E-state index in [0.29, 0.717) is 42.4 Å². The molecule has 1 aliphatic heterocycles. The van der Waals surface area contributed by atoms with Crippen molar-refractivity contribution < 1.29 is 26.4 Å². The van der Waals surface area contributed by atoms with Crippen molar-refractivity contribution in [2.75, 3.05) is 42.0 Å². The Labute approximate surface area is 228 Å². The number of anilines is 2. The van der Waals surface area contributed by atoms with Crippen molar-refractivity contribution in [2.24, 2.45) is 0 Å². The van der Waals surface area contributed by atoms with Crippen LogP contribution in [0.1, 0.15) is 10.4 Å². The van der Waals surface area contributed by atoms with E-state index in [2.05, 4.69) is 25.4 Å². The summed E-state index contributed by atoms with van der Waals surface area (Å²) in [5, 5.41) is 0. The van der Waals surface area contributed by atoms with Gasteiger partial charge in [-0.15, -0.1) is 11.8 Å². The molecule has 3 aromatic carbocycles. The molecule has 2 N–H and O–H groups in total. The fraction of sp³-hybridized carbons (Fsp3) is 0.208. The van der Waals surface area contributed by atoms with Crippen molar-refractivity contribution in [1.82, 2.24) is 4.90 Å². The molecule has 1 amide bonds. The second-order valence-corrected chi connectivity index (χ2v) is 13.1. The molecule has 1 saturated heterocycles. The molecule has 0 spiro atoms. The van der Waals surface area contributed by atoms with Crippen LogP contribution in [0.5, 0.6) is 0 Å². The third-order valence-electron chi connectivity index (χ3n) is 5.52. The molecule has 9 nitrogen and oxygen atoms in total. The minimum atomic E-state index is -4.05. The maximum Gasteiger partial charge on any atom is 0.261 e. The smallest absolute Gasteiger partial charge is 0.261 e. The molecule has 0 bridgehead atoms. The molecule has 1 aliphatic rings. The number of halogens is 1. The molecular weight excluding hydrogens is 602 g/mol. The molecule has 37 heavy (non-hydrogen) atoms. The molecule has 4 rings (SSSR count). The van der Waals surface area contributed by atoms with Crippen LogP contribution < -0.4 is 9.44 Å². The maximum absolute atomic E-state index is 13.1. The Bertz CT molecular complexity index is 1490. The zero-order chi connectivity index (χ0) is 26.6. The van der Waals surface area contributed by atoms with E-state index in [0.717, 1.165) is 4.47 Å². The number of rotatable bonds is 8. The van der Waals surface area contributed by atoms with Gasteiger partial charge < -0.3 is 9.64 Å². The van der Waals surface area contributed by atoms with Crippen molar-refractivity contribution >= 4 is 65.0 Å². The number of hydrogen-bond acceptors (Lipinski definition) is 7. The third kappa shape index (κ3) is 6.65. The van der Waals surface area contributed by atoms with Crippen molar-refractivity contribution in [3.8, 4) is 0 Å². The minimum Gasteiger partial charge on any atom is -0.378 e. The zero-order valence-corrected chi connectivity index (χ0v) is 23.7. The Morgan fingerprint density at radius 1 is 0.838 bits per heavy atom. The highest BCUT2D eigenvalue weighted by Gasteiger charge is 2.24. The van der Waals surface area contributed by atoms with Gasteiger partial charge in [-0.05, 0) is 73.0 Å². The van der Waals surface area contributed by atoms with Crippen molar-refractivity contribution in [3.05, 3.63) is 76.8 Å². The minimum absolute atomic E-state index is 0.0268. The quantitative estimate of drug-likeness (QED) is 0.359. The third-order valence-corrected chi connectivity index (χ3v) is 9.62. The number of thioether (sulfide) groups is 1. The summed E-state index contributed by atoms with van der Waals surface area (Å²) < 4.78 is 62.6. The van der Waals surface area contributed by atoms with E-state index in [1.807, 2.05) is 6.26 Å². The number of benzene rings is 3. The first-order valence-electron chi connectivity index (χ1n) is 11.1. The molecule has 1 fully saturated rings. The summed E-state index contributed by atoms with van der Waals surface area (Å²) in [5.74, 6) is -0.252. The predicted molar refractivity (Wildman–Crippen MR) is 147 cm³/mol. The molecule has 13 heteroatoms. The lowest BCUT2D eigenvalue weighted by Crippen LogP contribution is -2.40. The van der Waals surface area contributed by atoms with Crippen molar-refractivity contribution in [1.29, 1.82) is 0 Å². The summed E-state index contributed by atoms with van der Waals surface area (Å²) in [6.07, 6.45) is 1.82. The van der Waals surface area contributed by atoms with Gasteiger partial charge in [0.15, 0.2) is 0 Å². The Hall–Kier alpha value is -2.58. The van der Waals surface area contributed by atoms with Gasteiger partial charge in [-0.1, -0.05) is 15.9 Å². The highest BCUT2D eigenvalue weighted by atomic mass is 79.9. The Morgan fingerprint density at radius 3 is 1.92 bits per heavy atom. The molecule has 196 valence electrons. The van der Waals surface area contributed by atoms with E-state index in [4.69, 9.17) is 4.74 Å². The number of amides is 1. The Balaban J connectivity index is 1.53. The summed E-state index contributed by atoms with van der Waals surface area (Å²) >= 11 is 4.65. The first kappa shape index (κ1) is 27.5. The van der Waals surface area contributed by atoms with Crippen LogP contribution in [0, 0.1) is 0 Å². The molecule has 0 saturated carbocycles. The number of ether oxygens (including phenoxy) is 1. The molecule has 1 heterocycles. The summed E-state index contributed by atoms with van der Waals surface area (Å²) in [7, 11) is -7.92. The van der Waals surface area contributed by atoms with Crippen LogP contribution >= 0.6 is 27.7 Å². The normalized spacial score (nSPS) is 14.3. The number of nitrogens with zero attached hydrogens (tertiary/aromatic N) is 1. The fourth-order valence-electron chi connectivity index (χ4n) is 3.61. The van der Waals surface area contributed by atoms with E-state index in [-0.39, 0.29) is 21.4 Å². The molecule has 0 atom stereocenters. The van der Waals surface area contributed by atoms with E-state index >= 15 is 0 Å². The second kappa shape index (κ2) is 11.4. The standard InChI is InChI=1S/C24H24BrN3O6S3/c1-35-23-11-10-21(16-22(23)24(29)28-12-14-34-15-13-28)37(32,33)27-19-6-8-20(9-7-19)36(30,31)26-18-4-2-17(25)3-5-18/h2-11,16,26-27H,12-15H2,1H3. The number of morpholine rings is 1. The molecule has 0 aliphatic carbocycles. The molecule has 3 aromatic rings.